The molecule has 1 saturated carbocycles. The zero-order valence-electron chi connectivity index (χ0n) is 14.1. The van der Waals surface area contributed by atoms with Crippen molar-refractivity contribution in [1.29, 1.82) is 5.26 Å². The number of carbonyl (C=O) groups excluding carboxylic acids is 1. The molecule has 2 rings (SSSR count). The summed E-state index contributed by atoms with van der Waals surface area (Å²) in [7, 11) is 1.61. The van der Waals surface area contributed by atoms with Gasteiger partial charge in [0.2, 0.25) is 0 Å². The second-order valence-corrected chi connectivity index (χ2v) is 6.24. The monoisotopic (exact) mass is 312 g/mol. The van der Waals surface area contributed by atoms with E-state index in [1.165, 1.54) is 6.42 Å². The number of carbonyl (C=O) groups is 1. The van der Waals surface area contributed by atoms with E-state index in [2.05, 4.69) is 12.2 Å². The highest BCUT2D eigenvalue weighted by atomic mass is 16.5. The van der Waals surface area contributed by atoms with E-state index in [1.54, 1.807) is 13.2 Å². The summed E-state index contributed by atoms with van der Waals surface area (Å²) in [6, 6.07) is 7.82. The van der Waals surface area contributed by atoms with Crippen molar-refractivity contribution in [3.63, 3.8) is 0 Å². The van der Waals surface area contributed by atoms with Crippen molar-refractivity contribution in [1.82, 2.24) is 5.32 Å². The summed E-state index contributed by atoms with van der Waals surface area (Å²) in [5, 5.41) is 12.3. The van der Waals surface area contributed by atoms with Crippen LogP contribution in [0.2, 0.25) is 0 Å². The molecule has 4 nitrogen and oxygen atoms in total. The molecule has 2 atom stereocenters. The van der Waals surface area contributed by atoms with Crippen LogP contribution in [0, 0.1) is 24.2 Å². The molecule has 0 saturated heterocycles. The van der Waals surface area contributed by atoms with E-state index >= 15 is 0 Å². The second kappa shape index (κ2) is 7.82. The number of nitriles is 1. The largest absolute Gasteiger partial charge is 0.496 e. The lowest BCUT2D eigenvalue weighted by Gasteiger charge is -2.29. The molecule has 1 aromatic rings. The third-order valence-electron chi connectivity index (χ3n) is 4.54. The van der Waals surface area contributed by atoms with Crippen LogP contribution >= 0.6 is 0 Å². The Morgan fingerprint density at radius 3 is 2.78 bits per heavy atom. The highest BCUT2D eigenvalue weighted by molar-refractivity contribution is 6.01. The smallest absolute Gasteiger partial charge is 0.262 e. The van der Waals surface area contributed by atoms with Gasteiger partial charge in [-0.15, -0.1) is 0 Å². The first-order valence-electron chi connectivity index (χ1n) is 8.12. The Labute approximate surface area is 138 Å². The standard InChI is InChI=1S/C19H24N2O2/c1-13-6-4-5-7-17(13)21-19(22)16(12-20)10-15-9-8-14(2)18(11-15)23-3/h8-11,13,17H,4-7H2,1-3H3,(H,21,22)/b16-10+/t13-,17-/m0/s1. The van der Waals surface area contributed by atoms with Gasteiger partial charge in [0.1, 0.15) is 17.4 Å². The summed E-state index contributed by atoms with van der Waals surface area (Å²) in [5.41, 5.74) is 1.94. The second-order valence-electron chi connectivity index (χ2n) is 6.24. The van der Waals surface area contributed by atoms with Gasteiger partial charge in [-0.1, -0.05) is 31.9 Å². The molecule has 0 radical (unpaired) electrons. The van der Waals surface area contributed by atoms with Crippen LogP contribution in [-0.4, -0.2) is 19.1 Å². The molecular formula is C19H24N2O2. The lowest BCUT2D eigenvalue weighted by Crippen LogP contribution is -2.41. The molecule has 1 aromatic carbocycles. The van der Waals surface area contributed by atoms with Crippen LogP contribution in [0.5, 0.6) is 5.75 Å². The van der Waals surface area contributed by atoms with Crippen LogP contribution in [0.15, 0.2) is 23.8 Å². The average Bonchev–Trinajstić information content (AvgIpc) is 2.56. The fourth-order valence-electron chi connectivity index (χ4n) is 3.02. The van der Waals surface area contributed by atoms with E-state index in [1.807, 2.05) is 31.2 Å². The quantitative estimate of drug-likeness (QED) is 0.682. The molecule has 4 heteroatoms. The van der Waals surface area contributed by atoms with Gasteiger partial charge < -0.3 is 10.1 Å². The topological polar surface area (TPSA) is 62.1 Å². The third-order valence-corrected chi connectivity index (χ3v) is 4.54. The molecule has 1 aliphatic rings. The number of hydrogen-bond donors (Lipinski definition) is 1. The first kappa shape index (κ1) is 17.1. The number of nitrogens with zero attached hydrogens (tertiary/aromatic N) is 1. The van der Waals surface area contributed by atoms with Gasteiger partial charge >= 0.3 is 0 Å². The van der Waals surface area contributed by atoms with Gasteiger partial charge in [-0.05, 0) is 49.0 Å². The van der Waals surface area contributed by atoms with Gasteiger partial charge in [-0.25, -0.2) is 0 Å². The number of aryl methyl sites for hydroxylation is 1. The molecule has 0 heterocycles. The summed E-state index contributed by atoms with van der Waals surface area (Å²) in [4.78, 5) is 12.4. The number of methoxy groups -OCH3 is 1. The van der Waals surface area contributed by atoms with E-state index in [0.717, 1.165) is 36.1 Å². The zero-order valence-corrected chi connectivity index (χ0v) is 14.1. The third kappa shape index (κ3) is 4.35. The normalized spacial score (nSPS) is 21.4. The highest BCUT2D eigenvalue weighted by Gasteiger charge is 2.24. The Balaban J connectivity index is 2.15. The van der Waals surface area contributed by atoms with Gasteiger partial charge in [-0.3, -0.25) is 4.79 Å². The first-order valence-corrected chi connectivity index (χ1v) is 8.12. The van der Waals surface area contributed by atoms with Crippen molar-refractivity contribution in [2.45, 2.75) is 45.6 Å². The van der Waals surface area contributed by atoms with E-state index in [9.17, 15) is 10.1 Å². The number of rotatable bonds is 4. The number of benzene rings is 1. The fourth-order valence-corrected chi connectivity index (χ4v) is 3.02. The van der Waals surface area contributed by atoms with Crippen LogP contribution in [0.3, 0.4) is 0 Å². The summed E-state index contributed by atoms with van der Waals surface area (Å²) < 4.78 is 5.28. The lowest BCUT2D eigenvalue weighted by atomic mass is 9.86. The SMILES string of the molecule is COc1cc(/C=C(\C#N)C(=O)N[C@H]2CCCC[C@@H]2C)ccc1C. The maximum absolute atomic E-state index is 12.4. The van der Waals surface area contributed by atoms with Crippen LogP contribution < -0.4 is 10.1 Å². The van der Waals surface area contributed by atoms with Gasteiger partial charge in [-0.2, -0.15) is 5.26 Å². The summed E-state index contributed by atoms with van der Waals surface area (Å²) in [6.07, 6.45) is 6.09. The van der Waals surface area contributed by atoms with E-state index < -0.39 is 0 Å². The van der Waals surface area contributed by atoms with Crippen LogP contribution in [0.1, 0.15) is 43.7 Å². The Morgan fingerprint density at radius 1 is 1.39 bits per heavy atom. The molecule has 122 valence electrons. The predicted molar refractivity (Wildman–Crippen MR) is 90.9 cm³/mol. The minimum Gasteiger partial charge on any atom is -0.496 e. The zero-order chi connectivity index (χ0) is 16.8. The molecule has 0 aliphatic heterocycles. The Kier molecular flexibility index (Phi) is 5.81. The van der Waals surface area contributed by atoms with Crippen molar-refractivity contribution >= 4 is 12.0 Å². The minimum absolute atomic E-state index is 0.133. The molecule has 0 unspecified atom stereocenters. The minimum atomic E-state index is -0.286. The van der Waals surface area contributed by atoms with Gasteiger partial charge in [0.15, 0.2) is 0 Å². The maximum atomic E-state index is 12.4. The summed E-state index contributed by atoms with van der Waals surface area (Å²) in [6.45, 7) is 4.11. The lowest BCUT2D eigenvalue weighted by molar-refractivity contribution is -0.118. The Hall–Kier alpha value is -2.28. The number of nitrogens with one attached hydrogen (secondary N) is 1. The molecular weight excluding hydrogens is 288 g/mol. The summed E-state index contributed by atoms with van der Waals surface area (Å²) in [5.74, 6) is 0.926. The average molecular weight is 312 g/mol. The first-order chi connectivity index (χ1) is 11.0. The van der Waals surface area contributed by atoms with Crippen LogP contribution in [0.25, 0.3) is 6.08 Å². The number of ether oxygens (including phenoxy) is 1. The fraction of sp³-hybridized carbons (Fsp3) is 0.474. The molecule has 1 N–H and O–H groups in total. The van der Waals surface area contributed by atoms with E-state index in [4.69, 9.17) is 4.74 Å². The molecule has 1 aliphatic carbocycles. The van der Waals surface area contributed by atoms with Crippen molar-refractivity contribution < 1.29 is 9.53 Å². The van der Waals surface area contributed by atoms with Gasteiger partial charge in [0.05, 0.1) is 7.11 Å². The van der Waals surface area contributed by atoms with Gasteiger partial charge in [0.25, 0.3) is 5.91 Å². The van der Waals surface area contributed by atoms with Crippen molar-refractivity contribution in [2.24, 2.45) is 5.92 Å². The van der Waals surface area contributed by atoms with Crippen molar-refractivity contribution in [3.05, 3.63) is 34.9 Å². The molecule has 0 spiro atoms. The Morgan fingerprint density at radius 2 is 2.13 bits per heavy atom. The molecule has 0 aromatic heterocycles. The number of amides is 1. The molecule has 0 bridgehead atoms. The highest BCUT2D eigenvalue weighted by Crippen LogP contribution is 2.24. The number of hydrogen-bond acceptors (Lipinski definition) is 3. The van der Waals surface area contributed by atoms with Crippen molar-refractivity contribution in [3.8, 4) is 11.8 Å². The van der Waals surface area contributed by atoms with Crippen molar-refractivity contribution in [2.75, 3.05) is 7.11 Å². The molecule has 1 fully saturated rings. The molecule has 23 heavy (non-hydrogen) atoms. The molecule has 1 amide bonds. The van der Waals surface area contributed by atoms with E-state index in [-0.39, 0.29) is 17.5 Å². The van der Waals surface area contributed by atoms with Crippen LogP contribution in [-0.2, 0) is 4.79 Å². The van der Waals surface area contributed by atoms with Crippen LogP contribution in [0.4, 0.5) is 0 Å². The predicted octanol–water partition coefficient (Wildman–Crippen LogP) is 3.61. The summed E-state index contributed by atoms with van der Waals surface area (Å²) >= 11 is 0. The van der Waals surface area contributed by atoms with Gasteiger partial charge in [0, 0.05) is 6.04 Å². The Bertz CT molecular complexity index is 643. The van der Waals surface area contributed by atoms with E-state index in [0.29, 0.717) is 5.92 Å². The maximum Gasteiger partial charge on any atom is 0.262 e.